The maximum atomic E-state index is 17.4. The van der Waals surface area contributed by atoms with Gasteiger partial charge in [-0.25, -0.2) is 9.59 Å². The number of carbonyl (C=O) groups excluding carboxylic acids is 2. The highest BCUT2D eigenvalue weighted by Gasteiger charge is 2.58. The molecule has 0 aliphatic carbocycles. The number of fused-ring (bicyclic) bond motifs is 2. The molecule has 2 aromatic carbocycles. The number of rotatable bonds is 12. The van der Waals surface area contributed by atoms with E-state index in [1.54, 1.807) is 82.3 Å². The minimum atomic E-state index is -4.68. The van der Waals surface area contributed by atoms with Crippen molar-refractivity contribution in [3.05, 3.63) is 94.4 Å². The zero-order chi connectivity index (χ0) is 32.3. The molecule has 0 radical (unpaired) electrons. The van der Waals surface area contributed by atoms with Crippen molar-refractivity contribution in [1.82, 2.24) is 4.48 Å². The van der Waals surface area contributed by atoms with Gasteiger partial charge in [0.05, 0.1) is 30.8 Å². The van der Waals surface area contributed by atoms with Crippen molar-refractivity contribution in [1.29, 1.82) is 0 Å². The molecule has 236 valence electrons. The van der Waals surface area contributed by atoms with Gasteiger partial charge in [-0.2, -0.15) is 0 Å². The highest BCUT2D eigenvalue weighted by atomic mass is 19.2. The first-order valence-electron chi connectivity index (χ1n) is 15.3. The quantitative estimate of drug-likeness (QED) is 0.131. The fraction of sp³-hybridized carbons (Fsp3) is 0.324. The molecule has 1 aromatic heterocycles. The summed E-state index contributed by atoms with van der Waals surface area (Å²) in [6.07, 6.45) is 0.582. The first-order valence-corrected chi connectivity index (χ1v) is 15.3. The normalized spacial score (nSPS) is 15.2. The van der Waals surface area contributed by atoms with E-state index in [9.17, 15) is 9.59 Å². The Labute approximate surface area is 261 Å². The van der Waals surface area contributed by atoms with Crippen molar-refractivity contribution < 1.29 is 41.7 Å². The third-order valence-electron chi connectivity index (χ3n) is 7.88. The van der Waals surface area contributed by atoms with Crippen LogP contribution in [0.25, 0.3) is 22.8 Å². The summed E-state index contributed by atoms with van der Waals surface area (Å²) in [6, 6.07) is 17.8. The van der Waals surface area contributed by atoms with Gasteiger partial charge < -0.3 is 36.5 Å². The Hall–Kier alpha value is -4.35. The molecule has 5 rings (SSSR count). The molecule has 0 unspecified atom stereocenters. The number of allylic oxidation sites excluding steroid dienone is 1. The highest BCUT2D eigenvalue weighted by molar-refractivity contribution is 6.59. The SMILES string of the molecule is CCOC(=O)C1=C(c2ccccc2)C2=Cc3c(-c4ccccc4)c(C(=O)OCC)c(C)n3[B-](F)(F)[N+]2=C1CC(OCC)OCC. The lowest BCUT2D eigenvalue weighted by Crippen LogP contribution is -2.51. The number of ether oxygens (including phenoxy) is 4. The monoisotopic (exact) mass is 618 g/mol. The van der Waals surface area contributed by atoms with Gasteiger partial charge in [-0.1, -0.05) is 60.7 Å². The van der Waals surface area contributed by atoms with Gasteiger partial charge in [-0.15, -0.1) is 0 Å². The highest BCUT2D eigenvalue weighted by Crippen LogP contribution is 2.47. The maximum Gasteiger partial charge on any atom is 0.737 e. The summed E-state index contributed by atoms with van der Waals surface area (Å²) in [5.41, 5.74) is 2.21. The Kier molecular flexibility index (Phi) is 9.50. The second-order valence-electron chi connectivity index (χ2n) is 10.5. The summed E-state index contributed by atoms with van der Waals surface area (Å²) >= 11 is 0. The van der Waals surface area contributed by atoms with Crippen LogP contribution in [0.5, 0.6) is 0 Å². The summed E-state index contributed by atoms with van der Waals surface area (Å²) in [7, 11) is 0. The number of carbonyl (C=O) groups is 2. The van der Waals surface area contributed by atoms with Crippen molar-refractivity contribution in [2.45, 2.75) is 47.3 Å². The summed E-state index contributed by atoms with van der Waals surface area (Å²) in [6.45, 7) is 4.41. The fourth-order valence-corrected chi connectivity index (χ4v) is 6.24. The molecule has 0 N–H and O–H groups in total. The van der Waals surface area contributed by atoms with E-state index in [4.69, 9.17) is 18.9 Å². The third-order valence-corrected chi connectivity index (χ3v) is 7.88. The third kappa shape index (κ3) is 5.66. The molecule has 0 bridgehead atoms. The predicted molar refractivity (Wildman–Crippen MR) is 169 cm³/mol. The number of hydrogen-bond donors (Lipinski definition) is 0. The van der Waals surface area contributed by atoms with Gasteiger partial charge in [-0.3, -0.25) is 0 Å². The van der Waals surface area contributed by atoms with Crippen LogP contribution >= 0.6 is 0 Å². The first-order chi connectivity index (χ1) is 21.7. The standard InChI is InChI=1S/C34H37BF2N2O6/c1-6-42-28(43-7-2)21-27-32(34(41)45-9-4)31(24-18-14-11-15-19-24)26-20-25-30(23-16-12-10-13-17-23)29(33(40)44-8-3)22(5)38(25)35(36,37)39(26)27/h10-20,28H,6-9,21H2,1-5H3. The van der Waals surface area contributed by atoms with Gasteiger partial charge in [0, 0.05) is 30.5 Å². The number of benzene rings is 2. The summed E-state index contributed by atoms with van der Waals surface area (Å²) in [5, 5.41) is 0. The minimum absolute atomic E-state index is 0.0214. The van der Waals surface area contributed by atoms with Crippen LogP contribution in [0.1, 0.15) is 61.4 Å². The van der Waals surface area contributed by atoms with Crippen LogP contribution in [0, 0.1) is 6.92 Å². The molecule has 0 saturated carbocycles. The second kappa shape index (κ2) is 13.3. The molecule has 0 atom stereocenters. The van der Waals surface area contributed by atoms with Crippen molar-refractivity contribution >= 4 is 36.3 Å². The van der Waals surface area contributed by atoms with Crippen molar-refractivity contribution in [2.24, 2.45) is 0 Å². The maximum absolute atomic E-state index is 17.4. The molecule has 0 fully saturated rings. The molecule has 0 amide bonds. The van der Waals surface area contributed by atoms with E-state index in [2.05, 4.69) is 0 Å². The Morgan fingerprint density at radius 3 is 1.93 bits per heavy atom. The lowest BCUT2D eigenvalue weighted by atomic mass is 9.87. The van der Waals surface area contributed by atoms with E-state index >= 15 is 8.63 Å². The van der Waals surface area contributed by atoms with Crippen molar-refractivity contribution in [2.75, 3.05) is 26.4 Å². The molecule has 11 heteroatoms. The van der Waals surface area contributed by atoms with Crippen LogP contribution in [0.4, 0.5) is 8.63 Å². The Bertz CT molecular complexity index is 1690. The van der Waals surface area contributed by atoms with Crippen LogP contribution in [0.15, 0.2) is 71.9 Å². The minimum Gasteiger partial charge on any atom is -0.462 e. The fourth-order valence-electron chi connectivity index (χ4n) is 6.24. The molecule has 3 aromatic rings. The first kappa shape index (κ1) is 32.1. The van der Waals surface area contributed by atoms with E-state index in [0.29, 0.717) is 22.3 Å². The molecule has 45 heavy (non-hydrogen) atoms. The molecule has 3 heterocycles. The van der Waals surface area contributed by atoms with Crippen LogP contribution in [-0.4, -0.2) is 66.3 Å². The zero-order valence-electron chi connectivity index (χ0n) is 26.1. The Morgan fingerprint density at radius 1 is 0.822 bits per heavy atom. The summed E-state index contributed by atoms with van der Waals surface area (Å²) in [4.78, 5) is 27.1. The van der Waals surface area contributed by atoms with E-state index in [1.807, 2.05) is 12.1 Å². The average molecular weight is 618 g/mol. The Morgan fingerprint density at radius 2 is 1.38 bits per heavy atom. The van der Waals surface area contributed by atoms with Gasteiger partial charge in [0.1, 0.15) is 5.57 Å². The van der Waals surface area contributed by atoms with Crippen molar-refractivity contribution in [3.63, 3.8) is 0 Å². The van der Waals surface area contributed by atoms with Crippen LogP contribution < -0.4 is 0 Å². The lowest BCUT2D eigenvalue weighted by molar-refractivity contribution is -0.362. The summed E-state index contributed by atoms with van der Waals surface area (Å²) in [5.74, 6) is -1.42. The number of aromatic nitrogens is 1. The molecule has 0 spiro atoms. The molecule has 0 saturated heterocycles. The van der Waals surface area contributed by atoms with E-state index in [1.165, 1.54) is 6.92 Å². The number of halogens is 2. The molecule has 8 nitrogen and oxygen atoms in total. The Balaban J connectivity index is 1.90. The van der Waals surface area contributed by atoms with E-state index < -0.39 is 25.2 Å². The molecular weight excluding hydrogens is 581 g/mol. The topological polar surface area (TPSA) is 79.0 Å². The average Bonchev–Trinajstić information content (AvgIpc) is 3.51. The van der Waals surface area contributed by atoms with Crippen LogP contribution in [0.3, 0.4) is 0 Å². The number of esters is 2. The molecule has 2 aliphatic rings. The number of nitrogens with zero attached hydrogens (tertiary/aromatic N) is 2. The predicted octanol–water partition coefficient (Wildman–Crippen LogP) is 6.49. The van der Waals surface area contributed by atoms with Gasteiger partial charge in [0.15, 0.2) is 17.7 Å². The molecule has 2 aliphatic heterocycles. The molecular formula is C34H37BF2N2O6. The lowest BCUT2D eigenvalue weighted by Gasteiger charge is -2.31. The smallest absolute Gasteiger partial charge is 0.462 e. The van der Waals surface area contributed by atoms with Gasteiger partial charge >= 0.3 is 18.9 Å². The zero-order valence-corrected chi connectivity index (χ0v) is 26.1. The largest absolute Gasteiger partial charge is 0.737 e. The summed E-state index contributed by atoms with van der Waals surface area (Å²) < 4.78 is 59.1. The van der Waals surface area contributed by atoms with Gasteiger partial charge in [0.2, 0.25) is 0 Å². The van der Waals surface area contributed by atoms with Gasteiger partial charge in [-0.05, 0) is 51.4 Å². The second-order valence-corrected chi connectivity index (χ2v) is 10.5. The van der Waals surface area contributed by atoms with Gasteiger partial charge in [0.25, 0.3) is 0 Å². The number of hydrogen-bond acceptors (Lipinski definition) is 6. The van der Waals surface area contributed by atoms with Crippen molar-refractivity contribution in [3.8, 4) is 11.1 Å². The van der Waals surface area contributed by atoms with Crippen LogP contribution in [0.2, 0.25) is 0 Å². The van der Waals surface area contributed by atoms with E-state index in [0.717, 1.165) is 8.96 Å². The van der Waals surface area contributed by atoms with Crippen LogP contribution in [-0.2, 0) is 23.7 Å². The van der Waals surface area contributed by atoms with E-state index in [-0.39, 0.29) is 66.8 Å².